The maximum atomic E-state index is 11.8. The topological polar surface area (TPSA) is 44.9 Å². The van der Waals surface area contributed by atoms with Gasteiger partial charge in [0.25, 0.3) is 0 Å². The van der Waals surface area contributed by atoms with Gasteiger partial charge in [-0.3, -0.25) is 4.79 Å². The van der Waals surface area contributed by atoms with Crippen molar-refractivity contribution in [3.05, 3.63) is 53.9 Å². The van der Waals surface area contributed by atoms with Crippen LogP contribution < -0.4 is 5.32 Å². The first-order valence-electron chi connectivity index (χ1n) is 5.79. The quantitative estimate of drug-likeness (QED) is 0.830. The lowest BCUT2D eigenvalue weighted by molar-refractivity contribution is -0.115. The lowest BCUT2D eigenvalue weighted by Gasteiger charge is -2.09. The van der Waals surface area contributed by atoms with Crippen LogP contribution in [0.25, 0.3) is 0 Å². The van der Waals surface area contributed by atoms with Crippen LogP contribution in [0, 0.1) is 0 Å². The zero-order chi connectivity index (χ0) is 12.1. The van der Waals surface area contributed by atoms with Gasteiger partial charge in [-0.25, -0.2) is 0 Å². The fourth-order valence-corrected chi connectivity index (χ4v) is 1.80. The lowest BCUT2D eigenvalue weighted by Crippen LogP contribution is -2.15. The Morgan fingerprint density at radius 3 is 2.76 bits per heavy atom. The van der Waals surface area contributed by atoms with Crippen LogP contribution in [-0.2, 0) is 17.6 Å². The number of aromatic nitrogens is 1. The minimum absolute atomic E-state index is 0.00773. The highest BCUT2D eigenvalue weighted by atomic mass is 16.1. The van der Waals surface area contributed by atoms with Gasteiger partial charge < -0.3 is 10.3 Å². The van der Waals surface area contributed by atoms with Crippen LogP contribution in [0.15, 0.2) is 42.6 Å². The molecule has 0 bridgehead atoms. The monoisotopic (exact) mass is 228 g/mol. The van der Waals surface area contributed by atoms with E-state index in [9.17, 15) is 4.79 Å². The summed E-state index contributed by atoms with van der Waals surface area (Å²) >= 11 is 0. The van der Waals surface area contributed by atoms with Crippen LogP contribution in [0.3, 0.4) is 0 Å². The summed E-state index contributed by atoms with van der Waals surface area (Å²) in [6, 6.07) is 11.7. The molecule has 1 aromatic carbocycles. The van der Waals surface area contributed by atoms with Crippen LogP contribution in [0.1, 0.15) is 18.2 Å². The van der Waals surface area contributed by atoms with E-state index in [1.807, 2.05) is 42.6 Å². The third-order valence-electron chi connectivity index (χ3n) is 2.69. The molecule has 88 valence electrons. The number of hydrogen-bond acceptors (Lipinski definition) is 1. The van der Waals surface area contributed by atoms with E-state index < -0.39 is 0 Å². The predicted molar refractivity (Wildman–Crippen MR) is 68.9 cm³/mol. The van der Waals surface area contributed by atoms with Gasteiger partial charge in [0.2, 0.25) is 5.91 Å². The Kier molecular flexibility index (Phi) is 3.60. The molecule has 0 fully saturated rings. The number of benzene rings is 1. The number of carbonyl (C=O) groups is 1. The maximum Gasteiger partial charge on any atom is 0.230 e. The summed E-state index contributed by atoms with van der Waals surface area (Å²) in [5.74, 6) is 0.00773. The van der Waals surface area contributed by atoms with Crippen LogP contribution in [0.5, 0.6) is 0 Å². The van der Waals surface area contributed by atoms with Crippen molar-refractivity contribution >= 4 is 11.6 Å². The molecule has 0 spiro atoms. The van der Waals surface area contributed by atoms with Crippen molar-refractivity contribution in [1.29, 1.82) is 0 Å². The summed E-state index contributed by atoms with van der Waals surface area (Å²) in [6.07, 6.45) is 3.12. The van der Waals surface area contributed by atoms with Crippen LogP contribution in [0.4, 0.5) is 5.69 Å². The first-order chi connectivity index (χ1) is 8.29. The molecule has 3 heteroatoms. The molecular weight excluding hydrogens is 212 g/mol. The second kappa shape index (κ2) is 5.34. The first-order valence-corrected chi connectivity index (χ1v) is 5.79. The minimum Gasteiger partial charge on any atom is -0.365 e. The SMILES string of the molecule is CCc1ccccc1NC(=O)Cc1ccc[nH]1. The number of nitrogens with one attached hydrogen (secondary N) is 2. The van der Waals surface area contributed by atoms with Crippen molar-refractivity contribution in [3.63, 3.8) is 0 Å². The Bertz CT molecular complexity index is 489. The number of aryl methyl sites for hydroxylation is 1. The molecule has 1 heterocycles. The molecule has 0 aliphatic rings. The van der Waals surface area contributed by atoms with Gasteiger partial charge in [0.15, 0.2) is 0 Å². The fraction of sp³-hybridized carbons (Fsp3) is 0.214. The standard InChI is InChI=1S/C14H16N2O/c1-2-11-6-3-4-8-13(11)16-14(17)10-12-7-5-9-15-12/h3-9,15H,2,10H2,1H3,(H,16,17). The molecule has 1 amide bonds. The third kappa shape index (κ3) is 2.97. The molecule has 0 atom stereocenters. The van der Waals surface area contributed by atoms with Gasteiger partial charge in [-0.05, 0) is 30.2 Å². The Labute approximate surface area is 101 Å². The summed E-state index contributed by atoms with van der Waals surface area (Å²) in [5.41, 5.74) is 3.00. The Morgan fingerprint density at radius 2 is 2.06 bits per heavy atom. The Balaban J connectivity index is 2.03. The lowest BCUT2D eigenvalue weighted by atomic mass is 10.1. The van der Waals surface area contributed by atoms with Crippen LogP contribution in [0.2, 0.25) is 0 Å². The van der Waals surface area contributed by atoms with Crippen LogP contribution in [-0.4, -0.2) is 10.9 Å². The number of amides is 1. The Hall–Kier alpha value is -2.03. The molecule has 1 aromatic heterocycles. The molecule has 3 nitrogen and oxygen atoms in total. The van der Waals surface area contributed by atoms with Crippen molar-refractivity contribution in [2.75, 3.05) is 5.32 Å². The van der Waals surface area contributed by atoms with Gasteiger partial charge in [-0.2, -0.15) is 0 Å². The van der Waals surface area contributed by atoms with Gasteiger partial charge >= 0.3 is 0 Å². The van der Waals surface area contributed by atoms with E-state index in [1.165, 1.54) is 0 Å². The molecule has 0 radical (unpaired) electrons. The largest absolute Gasteiger partial charge is 0.365 e. The third-order valence-corrected chi connectivity index (χ3v) is 2.69. The number of hydrogen-bond donors (Lipinski definition) is 2. The van der Waals surface area contributed by atoms with Crippen molar-refractivity contribution in [2.24, 2.45) is 0 Å². The average Bonchev–Trinajstić information content (AvgIpc) is 2.82. The van der Waals surface area contributed by atoms with E-state index in [2.05, 4.69) is 17.2 Å². The molecule has 0 aliphatic heterocycles. The van der Waals surface area contributed by atoms with E-state index >= 15 is 0 Å². The number of aromatic amines is 1. The highest BCUT2D eigenvalue weighted by Crippen LogP contribution is 2.15. The molecule has 17 heavy (non-hydrogen) atoms. The van der Waals surface area contributed by atoms with Gasteiger partial charge in [-0.1, -0.05) is 25.1 Å². The highest BCUT2D eigenvalue weighted by Gasteiger charge is 2.06. The number of carbonyl (C=O) groups excluding carboxylic acids is 1. The Morgan fingerprint density at radius 1 is 1.24 bits per heavy atom. The van der Waals surface area contributed by atoms with Gasteiger partial charge in [-0.15, -0.1) is 0 Å². The molecule has 0 saturated heterocycles. The zero-order valence-corrected chi connectivity index (χ0v) is 9.86. The number of rotatable bonds is 4. The van der Waals surface area contributed by atoms with Crippen molar-refractivity contribution in [1.82, 2.24) is 4.98 Å². The number of para-hydroxylation sites is 1. The van der Waals surface area contributed by atoms with Crippen molar-refractivity contribution in [3.8, 4) is 0 Å². The van der Waals surface area contributed by atoms with Crippen molar-refractivity contribution < 1.29 is 4.79 Å². The van der Waals surface area contributed by atoms with E-state index in [0.717, 1.165) is 23.4 Å². The van der Waals surface area contributed by atoms with Gasteiger partial charge in [0.05, 0.1) is 6.42 Å². The maximum absolute atomic E-state index is 11.8. The second-order valence-electron chi connectivity index (χ2n) is 3.93. The number of H-pyrrole nitrogens is 1. The van der Waals surface area contributed by atoms with Crippen LogP contribution >= 0.6 is 0 Å². The van der Waals surface area contributed by atoms with E-state index in [1.54, 1.807) is 0 Å². The summed E-state index contributed by atoms with van der Waals surface area (Å²) < 4.78 is 0. The van der Waals surface area contributed by atoms with E-state index in [-0.39, 0.29) is 5.91 Å². The molecular formula is C14H16N2O. The highest BCUT2D eigenvalue weighted by molar-refractivity contribution is 5.92. The van der Waals surface area contributed by atoms with E-state index in [4.69, 9.17) is 0 Å². The number of anilines is 1. The van der Waals surface area contributed by atoms with E-state index in [0.29, 0.717) is 6.42 Å². The average molecular weight is 228 g/mol. The summed E-state index contributed by atoms with van der Waals surface area (Å²) in [7, 11) is 0. The predicted octanol–water partition coefficient (Wildman–Crippen LogP) is 2.76. The zero-order valence-electron chi connectivity index (χ0n) is 9.86. The van der Waals surface area contributed by atoms with Gasteiger partial charge in [0.1, 0.15) is 0 Å². The summed E-state index contributed by atoms with van der Waals surface area (Å²) in [6.45, 7) is 2.08. The molecule has 0 unspecified atom stereocenters. The first kappa shape index (κ1) is 11.5. The van der Waals surface area contributed by atoms with Gasteiger partial charge in [0, 0.05) is 17.6 Å². The molecule has 2 aromatic rings. The molecule has 0 saturated carbocycles. The summed E-state index contributed by atoms with van der Waals surface area (Å²) in [5, 5.41) is 2.94. The minimum atomic E-state index is 0.00773. The molecule has 2 N–H and O–H groups in total. The molecule has 0 aliphatic carbocycles. The smallest absolute Gasteiger partial charge is 0.230 e. The summed E-state index contributed by atoms with van der Waals surface area (Å²) in [4.78, 5) is 14.8. The fourth-order valence-electron chi connectivity index (χ4n) is 1.80. The molecule has 2 rings (SSSR count). The van der Waals surface area contributed by atoms with Crippen molar-refractivity contribution in [2.45, 2.75) is 19.8 Å². The second-order valence-corrected chi connectivity index (χ2v) is 3.93. The normalized spacial score (nSPS) is 10.2.